The molecule has 3 nitrogen and oxygen atoms in total. The van der Waals surface area contributed by atoms with Crippen LogP contribution in [0.3, 0.4) is 0 Å². The van der Waals surface area contributed by atoms with Gasteiger partial charge in [-0.15, -0.1) is 5.14 Å². The lowest BCUT2D eigenvalue weighted by Crippen LogP contribution is -2.26. The second kappa shape index (κ2) is 3.34. The molecule has 10 heavy (non-hydrogen) atoms. The zero-order valence-corrected chi connectivity index (χ0v) is 7.40. The minimum Gasteiger partial charge on any atom is -0.211 e. The van der Waals surface area contributed by atoms with Gasteiger partial charge in [0.05, 0.1) is 5.25 Å². The fourth-order valence-electron chi connectivity index (χ4n) is 1.05. The Kier molecular flexibility index (Phi) is 3.31. The number of hydrogen-bond acceptors (Lipinski definition) is 2. The maximum absolute atomic E-state index is 10.7. The van der Waals surface area contributed by atoms with Gasteiger partial charge in [0.15, 0.2) is 0 Å². The second-order valence-corrected chi connectivity index (χ2v) is 4.43. The van der Waals surface area contributed by atoms with Crippen molar-refractivity contribution in [2.45, 2.75) is 32.4 Å². The molecule has 0 rings (SSSR count). The van der Waals surface area contributed by atoms with Crippen molar-refractivity contribution in [3.05, 3.63) is 0 Å². The highest BCUT2D eigenvalue weighted by atomic mass is 32.2. The Hall–Kier alpha value is -0.0900. The minimum atomic E-state index is -3.56. The van der Waals surface area contributed by atoms with Gasteiger partial charge in [0.2, 0.25) is 10.0 Å². The van der Waals surface area contributed by atoms with Gasteiger partial charge in [0.1, 0.15) is 0 Å². The molecule has 4 heteroatoms. The predicted molar refractivity (Wildman–Crippen MR) is 40.9 cm³/mol. The van der Waals surface area contributed by atoms with E-state index in [1.54, 1.807) is 6.92 Å². The molecule has 0 heterocycles. The van der Waals surface area contributed by atoms with Gasteiger partial charge in [-0.2, -0.15) is 0 Å². The molecule has 1 N–H and O–H groups in total. The number of hydrogen-bond donors (Lipinski definition) is 0. The van der Waals surface area contributed by atoms with E-state index in [4.69, 9.17) is 5.14 Å². The maximum Gasteiger partial charge on any atom is 0.228 e. The first-order chi connectivity index (χ1) is 4.39. The average molecular weight is 164 g/mol. The summed E-state index contributed by atoms with van der Waals surface area (Å²) in [4.78, 5) is 0. The zero-order chi connectivity index (χ0) is 8.36. The topological polar surface area (TPSA) is 57.9 Å². The maximum atomic E-state index is 10.7. The van der Waals surface area contributed by atoms with E-state index in [2.05, 4.69) is 0 Å². The molecule has 0 aromatic carbocycles. The van der Waals surface area contributed by atoms with Crippen LogP contribution < -0.4 is 5.14 Å². The first-order valence-electron chi connectivity index (χ1n) is 3.38. The van der Waals surface area contributed by atoms with E-state index >= 15 is 0 Å². The summed E-state index contributed by atoms with van der Waals surface area (Å²) in [7, 11) is -3.56. The Bertz CT molecular complexity index is 184. The molecule has 0 amide bonds. The lowest BCUT2D eigenvalue weighted by atomic mass is 10.1. The number of nitrogens with one attached hydrogen (secondary N) is 1. The Labute approximate surface area is 62.7 Å². The van der Waals surface area contributed by atoms with E-state index in [1.807, 2.05) is 13.8 Å². The summed E-state index contributed by atoms with van der Waals surface area (Å²) in [5.74, 6) is 0.0486. The molecule has 0 saturated carbocycles. The van der Waals surface area contributed by atoms with Crippen LogP contribution in [0.4, 0.5) is 0 Å². The summed E-state index contributed by atoms with van der Waals surface area (Å²) in [5.41, 5.74) is 0. The van der Waals surface area contributed by atoms with Gasteiger partial charge < -0.3 is 0 Å². The lowest BCUT2D eigenvalue weighted by Gasteiger charge is -2.14. The highest BCUT2D eigenvalue weighted by molar-refractivity contribution is 7.89. The van der Waals surface area contributed by atoms with Gasteiger partial charge in [-0.05, 0) is 12.3 Å². The Morgan fingerprint density at radius 3 is 1.80 bits per heavy atom. The third kappa shape index (κ3) is 2.66. The van der Waals surface area contributed by atoms with Crippen LogP contribution in [-0.2, 0) is 10.0 Å². The SMILES string of the molecule is CCC(C(C)C)S([NH])(=O)=O. The molecule has 61 valence electrons. The predicted octanol–water partition coefficient (Wildman–Crippen LogP) is 1.03. The standard InChI is InChI=1S/C6H14NO2S/c1-4-6(5(2)3)10(7,8)9/h5-7H,4H2,1-3H3. The van der Waals surface area contributed by atoms with Crippen molar-refractivity contribution in [3.8, 4) is 0 Å². The highest BCUT2D eigenvalue weighted by Crippen LogP contribution is 2.13. The van der Waals surface area contributed by atoms with Gasteiger partial charge >= 0.3 is 0 Å². The highest BCUT2D eigenvalue weighted by Gasteiger charge is 2.22. The Balaban J connectivity index is 4.38. The normalized spacial score (nSPS) is 15.7. The van der Waals surface area contributed by atoms with Crippen LogP contribution in [0.15, 0.2) is 0 Å². The fraction of sp³-hybridized carbons (Fsp3) is 1.00. The van der Waals surface area contributed by atoms with Crippen molar-refractivity contribution in [3.63, 3.8) is 0 Å². The van der Waals surface area contributed by atoms with Gasteiger partial charge in [0, 0.05) is 0 Å². The Morgan fingerprint density at radius 1 is 1.40 bits per heavy atom. The molecule has 0 aromatic rings. The summed E-state index contributed by atoms with van der Waals surface area (Å²) < 4.78 is 21.3. The molecule has 0 spiro atoms. The summed E-state index contributed by atoms with van der Waals surface area (Å²) in [6.07, 6.45) is 0.531. The summed E-state index contributed by atoms with van der Waals surface area (Å²) >= 11 is 0. The Morgan fingerprint density at radius 2 is 1.80 bits per heavy atom. The van der Waals surface area contributed by atoms with Crippen LogP contribution in [0.1, 0.15) is 27.2 Å². The molecule has 1 unspecified atom stereocenters. The molecular formula is C6H14NO2S. The molecule has 0 aliphatic carbocycles. The average Bonchev–Trinajstić information content (AvgIpc) is 1.60. The first-order valence-corrected chi connectivity index (χ1v) is 4.92. The quantitative estimate of drug-likeness (QED) is 0.625. The van der Waals surface area contributed by atoms with E-state index in [0.717, 1.165) is 0 Å². The first kappa shape index (κ1) is 9.91. The van der Waals surface area contributed by atoms with Crippen molar-refractivity contribution < 1.29 is 8.42 Å². The molecule has 0 saturated heterocycles. The lowest BCUT2D eigenvalue weighted by molar-refractivity contribution is 0.522. The molecule has 1 atom stereocenters. The van der Waals surface area contributed by atoms with Crippen molar-refractivity contribution in [1.29, 1.82) is 0 Å². The van der Waals surface area contributed by atoms with Crippen LogP contribution in [-0.4, -0.2) is 13.7 Å². The monoisotopic (exact) mass is 164 g/mol. The zero-order valence-electron chi connectivity index (χ0n) is 6.59. The molecule has 0 aromatic heterocycles. The van der Waals surface area contributed by atoms with Gasteiger partial charge in [-0.25, -0.2) is 8.42 Å². The van der Waals surface area contributed by atoms with Crippen LogP contribution in [0.2, 0.25) is 0 Å². The van der Waals surface area contributed by atoms with E-state index in [0.29, 0.717) is 6.42 Å². The van der Waals surface area contributed by atoms with E-state index in [9.17, 15) is 8.42 Å². The summed E-state index contributed by atoms with van der Waals surface area (Å²) in [6.45, 7) is 5.43. The molecule has 0 aliphatic rings. The van der Waals surface area contributed by atoms with Gasteiger partial charge in [0.25, 0.3) is 0 Å². The van der Waals surface area contributed by atoms with E-state index in [1.165, 1.54) is 0 Å². The van der Waals surface area contributed by atoms with Crippen molar-refractivity contribution in [2.75, 3.05) is 0 Å². The molecular weight excluding hydrogens is 150 g/mol. The van der Waals surface area contributed by atoms with Crippen molar-refractivity contribution in [1.82, 2.24) is 5.14 Å². The molecule has 1 radical (unpaired) electrons. The largest absolute Gasteiger partial charge is 0.228 e. The van der Waals surface area contributed by atoms with E-state index in [-0.39, 0.29) is 5.92 Å². The summed E-state index contributed by atoms with van der Waals surface area (Å²) in [6, 6.07) is 0. The third-order valence-corrected chi connectivity index (χ3v) is 3.22. The number of sulfonamides is 1. The fourth-order valence-corrected chi connectivity index (χ4v) is 2.20. The second-order valence-electron chi connectivity index (χ2n) is 2.74. The van der Waals surface area contributed by atoms with Gasteiger partial charge in [-0.1, -0.05) is 20.8 Å². The van der Waals surface area contributed by atoms with Gasteiger partial charge in [-0.3, -0.25) is 0 Å². The smallest absolute Gasteiger partial charge is 0.211 e. The van der Waals surface area contributed by atoms with Crippen molar-refractivity contribution in [2.24, 2.45) is 5.92 Å². The van der Waals surface area contributed by atoms with Crippen LogP contribution >= 0.6 is 0 Å². The molecule has 0 fully saturated rings. The summed E-state index contributed by atoms with van der Waals surface area (Å²) in [5, 5.41) is 6.30. The van der Waals surface area contributed by atoms with E-state index < -0.39 is 15.3 Å². The third-order valence-electron chi connectivity index (χ3n) is 1.54. The number of rotatable bonds is 3. The molecule has 0 aliphatic heterocycles. The van der Waals surface area contributed by atoms with Crippen molar-refractivity contribution >= 4 is 10.0 Å². The van der Waals surface area contributed by atoms with Crippen LogP contribution in [0.25, 0.3) is 0 Å². The molecule has 0 bridgehead atoms. The van der Waals surface area contributed by atoms with Crippen LogP contribution in [0.5, 0.6) is 0 Å². The minimum absolute atomic E-state index is 0.0486. The van der Waals surface area contributed by atoms with Crippen LogP contribution in [0, 0.1) is 5.92 Å².